The number of rotatable bonds is 5. The van der Waals surface area contributed by atoms with Crippen LogP contribution in [0.15, 0.2) is 47.1 Å². The summed E-state index contributed by atoms with van der Waals surface area (Å²) in [5.74, 6) is 1.08. The third-order valence-corrected chi connectivity index (χ3v) is 6.97. The van der Waals surface area contributed by atoms with Gasteiger partial charge in [0.2, 0.25) is 0 Å². The fraction of sp³-hybridized carbons (Fsp3) is 0.407. The largest absolute Gasteiger partial charge is 0.445 e. The molecule has 4 aromatic rings. The highest BCUT2D eigenvalue weighted by molar-refractivity contribution is 5.97. The number of benzene rings is 1. The number of carbonyl (C=O) groups is 1. The Morgan fingerprint density at radius 2 is 1.97 bits per heavy atom. The summed E-state index contributed by atoms with van der Waals surface area (Å²) in [5, 5.41) is 7.67. The van der Waals surface area contributed by atoms with E-state index < -0.39 is 0 Å². The maximum Gasteiger partial charge on any atom is 0.287 e. The number of carbonyl (C=O) groups excluding carboxylic acids is 1. The minimum Gasteiger partial charge on any atom is -0.445 e. The summed E-state index contributed by atoms with van der Waals surface area (Å²) in [6.07, 6.45) is 5.76. The highest BCUT2D eigenvalue weighted by Crippen LogP contribution is 2.29. The lowest BCUT2D eigenvalue weighted by atomic mass is 10.1. The fourth-order valence-corrected chi connectivity index (χ4v) is 5.05. The number of hydrogen-bond acceptors (Lipinski definition) is 8. The van der Waals surface area contributed by atoms with Gasteiger partial charge in [-0.15, -0.1) is 0 Å². The van der Waals surface area contributed by atoms with Gasteiger partial charge in [-0.1, -0.05) is 29.8 Å². The molecular formula is C27H31N7O3. The van der Waals surface area contributed by atoms with Crippen LogP contribution in [0.3, 0.4) is 0 Å². The molecule has 6 rings (SSSR count). The summed E-state index contributed by atoms with van der Waals surface area (Å²) in [6.45, 7) is 6.51. The molecule has 2 aliphatic heterocycles. The van der Waals surface area contributed by atoms with E-state index in [2.05, 4.69) is 52.4 Å². The summed E-state index contributed by atoms with van der Waals surface area (Å²) >= 11 is 0. The average molecular weight is 502 g/mol. The monoisotopic (exact) mass is 501 g/mol. The van der Waals surface area contributed by atoms with E-state index in [0.717, 1.165) is 37.1 Å². The van der Waals surface area contributed by atoms with Gasteiger partial charge in [-0.25, -0.2) is 9.67 Å². The number of ether oxygens (including phenoxy) is 1. The molecule has 0 radical (unpaired) electrons. The van der Waals surface area contributed by atoms with Crippen LogP contribution < -0.4 is 10.2 Å². The van der Waals surface area contributed by atoms with E-state index in [1.807, 2.05) is 18.5 Å². The smallest absolute Gasteiger partial charge is 0.287 e. The standard InChI is InChI=1S/C27H31N7O3/c1-18-5-3-6-19(13-18)20-15-28-34(16-20)27-30-22-14-23(26(35)29-21-7-4-8-32(2)17-21)37-24(22)25(31-27)33-9-11-36-12-10-33/h3,5-6,13-16,21H,4,7-12,17H2,1-2H3,(H,29,35). The van der Waals surface area contributed by atoms with Gasteiger partial charge in [0, 0.05) is 43.5 Å². The molecule has 1 amide bonds. The van der Waals surface area contributed by atoms with Crippen LogP contribution >= 0.6 is 0 Å². The molecule has 0 spiro atoms. The van der Waals surface area contributed by atoms with Crippen LogP contribution in [-0.2, 0) is 4.74 Å². The number of nitrogens with one attached hydrogen (secondary N) is 1. The lowest BCUT2D eigenvalue weighted by Crippen LogP contribution is -2.46. The van der Waals surface area contributed by atoms with Crippen LogP contribution in [0.5, 0.6) is 0 Å². The average Bonchev–Trinajstić information content (AvgIpc) is 3.57. The minimum atomic E-state index is -0.228. The van der Waals surface area contributed by atoms with Gasteiger partial charge in [0.25, 0.3) is 11.9 Å². The van der Waals surface area contributed by atoms with Gasteiger partial charge in [-0.3, -0.25) is 4.79 Å². The number of aromatic nitrogens is 4. The number of likely N-dealkylation sites (N-methyl/N-ethyl adjacent to an activating group) is 1. The van der Waals surface area contributed by atoms with Crippen molar-refractivity contribution in [2.24, 2.45) is 0 Å². The molecule has 2 fully saturated rings. The molecule has 2 aliphatic rings. The van der Waals surface area contributed by atoms with Crippen molar-refractivity contribution in [1.82, 2.24) is 30.0 Å². The van der Waals surface area contributed by atoms with Gasteiger partial charge in [0.1, 0.15) is 5.52 Å². The van der Waals surface area contributed by atoms with Gasteiger partial charge >= 0.3 is 0 Å². The predicted octanol–water partition coefficient (Wildman–Crippen LogP) is 3.04. The third kappa shape index (κ3) is 4.94. The van der Waals surface area contributed by atoms with E-state index in [1.54, 1.807) is 10.7 Å². The maximum absolute atomic E-state index is 13.1. The Labute approximate surface area is 215 Å². The van der Waals surface area contributed by atoms with E-state index >= 15 is 0 Å². The number of fused-ring (bicyclic) bond motifs is 1. The summed E-state index contributed by atoms with van der Waals surface area (Å²) in [6, 6.07) is 10.1. The summed E-state index contributed by atoms with van der Waals surface area (Å²) in [4.78, 5) is 27.0. The van der Waals surface area contributed by atoms with Crippen molar-refractivity contribution in [3.63, 3.8) is 0 Å². The molecular weight excluding hydrogens is 470 g/mol. The van der Waals surface area contributed by atoms with E-state index in [0.29, 0.717) is 49.2 Å². The Morgan fingerprint density at radius 1 is 1.11 bits per heavy atom. The van der Waals surface area contributed by atoms with Gasteiger partial charge < -0.3 is 24.3 Å². The molecule has 0 saturated carbocycles. The van der Waals surface area contributed by atoms with Gasteiger partial charge in [-0.2, -0.15) is 10.1 Å². The third-order valence-electron chi connectivity index (χ3n) is 6.97. The molecule has 10 nitrogen and oxygen atoms in total. The van der Waals surface area contributed by atoms with Crippen molar-refractivity contribution in [1.29, 1.82) is 0 Å². The fourth-order valence-electron chi connectivity index (χ4n) is 5.05. The first kappa shape index (κ1) is 23.6. The molecule has 0 bridgehead atoms. The van der Waals surface area contributed by atoms with Crippen LogP contribution in [0, 0.1) is 6.92 Å². The lowest BCUT2D eigenvalue weighted by Gasteiger charge is -2.29. The van der Waals surface area contributed by atoms with Gasteiger partial charge in [0.05, 0.1) is 19.4 Å². The molecule has 10 heteroatoms. The number of amides is 1. The Hall–Kier alpha value is -3.76. The molecule has 1 N–H and O–H groups in total. The van der Waals surface area contributed by atoms with Crippen LogP contribution in [0.1, 0.15) is 29.0 Å². The van der Waals surface area contributed by atoms with Crippen LogP contribution in [-0.4, -0.2) is 83.0 Å². The maximum atomic E-state index is 13.1. The van der Waals surface area contributed by atoms with Crippen molar-refractivity contribution >= 4 is 22.8 Å². The Balaban J connectivity index is 1.35. The molecule has 0 aliphatic carbocycles. The zero-order valence-corrected chi connectivity index (χ0v) is 21.2. The van der Waals surface area contributed by atoms with Crippen LogP contribution in [0.2, 0.25) is 0 Å². The summed E-state index contributed by atoms with van der Waals surface area (Å²) < 4.78 is 13.3. The van der Waals surface area contributed by atoms with Gasteiger partial charge in [-0.05, 0) is 38.9 Å². The molecule has 1 atom stereocenters. The summed E-state index contributed by atoms with van der Waals surface area (Å²) in [7, 11) is 2.07. The zero-order chi connectivity index (χ0) is 25.4. The number of hydrogen-bond donors (Lipinski definition) is 1. The van der Waals surface area contributed by atoms with E-state index in [-0.39, 0.29) is 17.7 Å². The SMILES string of the molecule is Cc1cccc(-c2cnn(-c3nc(N4CCOCC4)c4oc(C(=O)NC5CCCN(C)C5)cc4n3)c2)c1. The number of nitrogens with zero attached hydrogens (tertiary/aromatic N) is 6. The molecule has 3 aromatic heterocycles. The first-order valence-corrected chi connectivity index (χ1v) is 12.8. The van der Waals surface area contributed by atoms with E-state index in [1.165, 1.54) is 5.56 Å². The minimum absolute atomic E-state index is 0.101. The Morgan fingerprint density at radius 3 is 2.78 bits per heavy atom. The summed E-state index contributed by atoms with van der Waals surface area (Å²) in [5.41, 5.74) is 4.32. The topological polar surface area (TPSA) is 102 Å². The number of anilines is 1. The zero-order valence-electron chi connectivity index (χ0n) is 21.2. The van der Waals surface area contributed by atoms with Crippen molar-refractivity contribution < 1.29 is 13.9 Å². The van der Waals surface area contributed by atoms with Crippen LogP contribution in [0.25, 0.3) is 28.2 Å². The van der Waals surface area contributed by atoms with E-state index in [4.69, 9.17) is 19.1 Å². The van der Waals surface area contributed by atoms with Crippen molar-refractivity contribution in [3.8, 4) is 17.1 Å². The number of likely N-dealkylation sites (tertiary alicyclic amines) is 1. The lowest BCUT2D eigenvalue weighted by molar-refractivity contribution is 0.0886. The number of piperidine rings is 1. The quantitative estimate of drug-likeness (QED) is 0.445. The second-order valence-electron chi connectivity index (χ2n) is 9.89. The second kappa shape index (κ2) is 9.95. The molecule has 1 unspecified atom stereocenters. The number of morpholine rings is 1. The van der Waals surface area contributed by atoms with Crippen molar-refractivity contribution in [2.45, 2.75) is 25.8 Å². The molecule has 1 aromatic carbocycles. The highest BCUT2D eigenvalue weighted by atomic mass is 16.5. The first-order chi connectivity index (χ1) is 18.0. The normalized spacial score (nSPS) is 18.9. The number of furan rings is 1. The Kier molecular flexibility index (Phi) is 6.35. The van der Waals surface area contributed by atoms with Gasteiger partial charge in [0.15, 0.2) is 17.2 Å². The van der Waals surface area contributed by atoms with Crippen molar-refractivity contribution in [3.05, 3.63) is 54.0 Å². The molecule has 37 heavy (non-hydrogen) atoms. The molecule has 192 valence electrons. The first-order valence-electron chi connectivity index (χ1n) is 12.8. The van der Waals surface area contributed by atoms with E-state index in [9.17, 15) is 4.79 Å². The van der Waals surface area contributed by atoms with Crippen molar-refractivity contribution in [2.75, 3.05) is 51.3 Å². The Bertz CT molecular complexity index is 1420. The second-order valence-corrected chi connectivity index (χ2v) is 9.89. The predicted molar refractivity (Wildman–Crippen MR) is 140 cm³/mol. The molecule has 5 heterocycles. The highest BCUT2D eigenvalue weighted by Gasteiger charge is 2.25. The molecule has 2 saturated heterocycles. The van der Waals surface area contributed by atoms with Crippen LogP contribution in [0.4, 0.5) is 5.82 Å². The number of aryl methyl sites for hydroxylation is 1.